The highest BCUT2D eigenvalue weighted by Crippen LogP contribution is 2.24. The fourth-order valence-corrected chi connectivity index (χ4v) is 1.80. The van der Waals surface area contributed by atoms with Gasteiger partial charge in [0.05, 0.1) is 0 Å². The van der Waals surface area contributed by atoms with Crippen LogP contribution in [-0.2, 0) is 0 Å². The molecule has 2 nitrogen and oxygen atoms in total. The summed E-state index contributed by atoms with van der Waals surface area (Å²) >= 11 is 0. The maximum Gasteiger partial charge on any atom is 0.141 e. The van der Waals surface area contributed by atoms with Gasteiger partial charge in [-0.2, -0.15) is 5.26 Å². The zero-order valence-electron chi connectivity index (χ0n) is 9.36. The van der Waals surface area contributed by atoms with Gasteiger partial charge in [-0.05, 0) is 42.7 Å². The Balaban J connectivity index is 2.55. The van der Waals surface area contributed by atoms with Crippen molar-refractivity contribution in [3.05, 3.63) is 53.3 Å². The minimum Gasteiger partial charge on any atom is -0.246 e. The van der Waals surface area contributed by atoms with Crippen molar-refractivity contribution in [2.75, 3.05) is 0 Å². The first kappa shape index (κ1) is 10.4. The van der Waals surface area contributed by atoms with Crippen LogP contribution < -0.4 is 0 Å². The van der Waals surface area contributed by atoms with Crippen molar-refractivity contribution >= 4 is 0 Å². The fraction of sp³-hybridized carbons (Fsp3) is 0.143. The summed E-state index contributed by atoms with van der Waals surface area (Å²) in [5, 5.41) is 8.81. The maximum absolute atomic E-state index is 8.81. The van der Waals surface area contributed by atoms with Crippen molar-refractivity contribution in [3.8, 4) is 17.2 Å². The summed E-state index contributed by atoms with van der Waals surface area (Å²) in [6, 6.07) is 12.1. The molecule has 0 aliphatic heterocycles. The Labute approximate surface area is 95.2 Å². The molecule has 0 saturated heterocycles. The van der Waals surface area contributed by atoms with Crippen LogP contribution in [0.3, 0.4) is 0 Å². The molecular weight excluding hydrogens is 196 g/mol. The zero-order valence-corrected chi connectivity index (χ0v) is 9.36. The van der Waals surface area contributed by atoms with E-state index in [1.165, 1.54) is 11.1 Å². The minimum atomic E-state index is 0.456. The quantitative estimate of drug-likeness (QED) is 0.721. The average Bonchev–Trinajstić information content (AvgIpc) is 2.29. The Morgan fingerprint density at radius 3 is 2.62 bits per heavy atom. The third kappa shape index (κ3) is 1.94. The van der Waals surface area contributed by atoms with E-state index in [0.717, 1.165) is 11.1 Å². The van der Waals surface area contributed by atoms with Crippen LogP contribution in [0.1, 0.15) is 16.8 Å². The molecule has 1 heterocycles. The Morgan fingerprint density at radius 1 is 1.12 bits per heavy atom. The molecule has 1 aromatic carbocycles. The summed E-state index contributed by atoms with van der Waals surface area (Å²) in [5.41, 5.74) is 5.12. The van der Waals surface area contributed by atoms with Gasteiger partial charge in [-0.1, -0.05) is 23.8 Å². The lowest BCUT2D eigenvalue weighted by atomic mass is 9.99. The van der Waals surface area contributed by atoms with Gasteiger partial charge in [-0.3, -0.25) is 0 Å². The van der Waals surface area contributed by atoms with Crippen LogP contribution in [-0.4, -0.2) is 4.98 Å². The van der Waals surface area contributed by atoms with Crippen molar-refractivity contribution in [2.24, 2.45) is 0 Å². The number of hydrogen-bond acceptors (Lipinski definition) is 2. The largest absolute Gasteiger partial charge is 0.246 e. The van der Waals surface area contributed by atoms with Gasteiger partial charge in [-0.25, -0.2) is 4.98 Å². The molecule has 0 atom stereocenters. The fourth-order valence-electron chi connectivity index (χ4n) is 1.80. The Bertz CT molecular complexity index is 565. The van der Waals surface area contributed by atoms with Gasteiger partial charge in [0.15, 0.2) is 0 Å². The van der Waals surface area contributed by atoms with E-state index in [1.54, 1.807) is 6.20 Å². The van der Waals surface area contributed by atoms with E-state index in [4.69, 9.17) is 5.26 Å². The number of rotatable bonds is 1. The molecule has 0 aliphatic rings. The smallest absolute Gasteiger partial charge is 0.141 e. The van der Waals surface area contributed by atoms with Crippen molar-refractivity contribution < 1.29 is 0 Å². The van der Waals surface area contributed by atoms with Gasteiger partial charge in [0.1, 0.15) is 11.8 Å². The molecular formula is C14H12N2. The molecule has 0 aliphatic carbocycles. The lowest BCUT2D eigenvalue weighted by Crippen LogP contribution is -1.87. The van der Waals surface area contributed by atoms with E-state index in [2.05, 4.69) is 43.1 Å². The standard InChI is InChI=1S/C14H12N2/c1-10-3-4-14(11(2)7-10)12-5-6-16-13(8-12)9-15/h3-8H,1-2H3. The maximum atomic E-state index is 8.81. The van der Waals surface area contributed by atoms with Gasteiger partial charge in [0.2, 0.25) is 0 Å². The highest BCUT2D eigenvalue weighted by atomic mass is 14.7. The highest BCUT2D eigenvalue weighted by molar-refractivity contribution is 5.68. The van der Waals surface area contributed by atoms with Crippen molar-refractivity contribution in [2.45, 2.75) is 13.8 Å². The lowest BCUT2D eigenvalue weighted by Gasteiger charge is -2.06. The number of nitrogens with zero attached hydrogens (tertiary/aromatic N) is 2. The molecule has 0 N–H and O–H groups in total. The van der Waals surface area contributed by atoms with E-state index < -0.39 is 0 Å². The Morgan fingerprint density at radius 2 is 1.94 bits per heavy atom. The van der Waals surface area contributed by atoms with Crippen LogP contribution in [0.5, 0.6) is 0 Å². The summed E-state index contributed by atoms with van der Waals surface area (Å²) < 4.78 is 0. The van der Waals surface area contributed by atoms with Gasteiger partial charge in [0, 0.05) is 6.20 Å². The van der Waals surface area contributed by atoms with Crippen LogP contribution in [0.4, 0.5) is 0 Å². The third-order valence-corrected chi connectivity index (χ3v) is 2.57. The summed E-state index contributed by atoms with van der Waals surface area (Å²) in [7, 11) is 0. The van der Waals surface area contributed by atoms with Gasteiger partial charge in [0.25, 0.3) is 0 Å². The molecule has 2 aromatic rings. The highest BCUT2D eigenvalue weighted by Gasteiger charge is 2.03. The zero-order chi connectivity index (χ0) is 11.5. The predicted molar refractivity (Wildman–Crippen MR) is 63.9 cm³/mol. The van der Waals surface area contributed by atoms with Gasteiger partial charge >= 0.3 is 0 Å². The van der Waals surface area contributed by atoms with Crippen molar-refractivity contribution in [3.63, 3.8) is 0 Å². The van der Waals surface area contributed by atoms with E-state index in [0.29, 0.717) is 5.69 Å². The molecule has 0 bridgehead atoms. The molecule has 16 heavy (non-hydrogen) atoms. The first-order valence-corrected chi connectivity index (χ1v) is 5.14. The summed E-state index contributed by atoms with van der Waals surface area (Å²) in [6.07, 6.45) is 1.67. The van der Waals surface area contributed by atoms with E-state index in [9.17, 15) is 0 Å². The lowest BCUT2D eigenvalue weighted by molar-refractivity contribution is 1.26. The van der Waals surface area contributed by atoms with Crippen LogP contribution in [0.15, 0.2) is 36.5 Å². The molecule has 0 saturated carbocycles. The molecule has 0 spiro atoms. The van der Waals surface area contributed by atoms with E-state index in [1.807, 2.05) is 12.1 Å². The summed E-state index contributed by atoms with van der Waals surface area (Å²) in [5.74, 6) is 0. The molecule has 0 fully saturated rings. The molecule has 0 unspecified atom stereocenters. The molecule has 0 amide bonds. The SMILES string of the molecule is Cc1ccc(-c2ccnc(C#N)c2)c(C)c1. The van der Waals surface area contributed by atoms with Gasteiger partial charge in [-0.15, -0.1) is 0 Å². The predicted octanol–water partition coefficient (Wildman–Crippen LogP) is 3.24. The number of hydrogen-bond donors (Lipinski definition) is 0. The molecule has 2 rings (SSSR count). The molecule has 0 radical (unpaired) electrons. The number of aromatic nitrogens is 1. The third-order valence-electron chi connectivity index (χ3n) is 2.57. The number of aryl methyl sites for hydroxylation is 2. The first-order chi connectivity index (χ1) is 7.70. The van der Waals surface area contributed by atoms with E-state index >= 15 is 0 Å². The van der Waals surface area contributed by atoms with Crippen LogP contribution in [0, 0.1) is 25.2 Å². The Hall–Kier alpha value is -2.14. The van der Waals surface area contributed by atoms with Gasteiger partial charge < -0.3 is 0 Å². The van der Waals surface area contributed by atoms with E-state index in [-0.39, 0.29) is 0 Å². The topological polar surface area (TPSA) is 36.7 Å². The second kappa shape index (κ2) is 4.16. The summed E-state index contributed by atoms with van der Waals surface area (Å²) in [6.45, 7) is 4.15. The minimum absolute atomic E-state index is 0.456. The molecule has 1 aromatic heterocycles. The van der Waals surface area contributed by atoms with Crippen molar-refractivity contribution in [1.82, 2.24) is 4.98 Å². The van der Waals surface area contributed by atoms with Crippen LogP contribution in [0.25, 0.3) is 11.1 Å². The number of benzene rings is 1. The second-order valence-corrected chi connectivity index (χ2v) is 3.86. The van der Waals surface area contributed by atoms with Crippen molar-refractivity contribution in [1.29, 1.82) is 5.26 Å². The summed E-state index contributed by atoms with van der Waals surface area (Å²) in [4.78, 5) is 3.97. The normalized spacial score (nSPS) is 9.81. The van der Waals surface area contributed by atoms with Crippen LogP contribution >= 0.6 is 0 Å². The molecule has 78 valence electrons. The Kier molecular flexibility index (Phi) is 2.70. The first-order valence-electron chi connectivity index (χ1n) is 5.14. The average molecular weight is 208 g/mol. The monoisotopic (exact) mass is 208 g/mol. The second-order valence-electron chi connectivity index (χ2n) is 3.86. The van der Waals surface area contributed by atoms with Crippen LogP contribution in [0.2, 0.25) is 0 Å². The number of nitriles is 1. The number of pyridine rings is 1. The molecule has 2 heteroatoms.